The van der Waals surface area contributed by atoms with Crippen molar-refractivity contribution in [2.45, 2.75) is 6.92 Å². The number of hydrogen-bond acceptors (Lipinski definition) is 1. The molecule has 3 rings (SSSR count). The van der Waals surface area contributed by atoms with Gasteiger partial charge in [0.25, 0.3) is 0 Å². The maximum Gasteiger partial charge on any atom is 0.136 e. The first kappa shape index (κ1) is 10.6. The summed E-state index contributed by atoms with van der Waals surface area (Å²) in [5, 5.41) is 1.15. The Morgan fingerprint density at radius 1 is 1.00 bits per heavy atom. The Kier molecular flexibility index (Phi) is 2.52. The van der Waals surface area contributed by atoms with E-state index >= 15 is 0 Å². The van der Waals surface area contributed by atoms with Gasteiger partial charge in [-0.15, -0.1) is 0 Å². The van der Waals surface area contributed by atoms with Crippen LogP contribution in [-0.4, -0.2) is 0 Å². The third-order valence-electron chi connectivity index (χ3n) is 2.81. The van der Waals surface area contributed by atoms with Crippen molar-refractivity contribution in [3.63, 3.8) is 0 Å². The first-order chi connectivity index (χ1) is 8.24. The molecule has 17 heavy (non-hydrogen) atoms. The number of hydrogen-bond donors (Lipinski definition) is 0. The Labute approximate surface area is 108 Å². The van der Waals surface area contributed by atoms with Gasteiger partial charge in [0.1, 0.15) is 11.3 Å². The molecule has 0 amide bonds. The van der Waals surface area contributed by atoms with Crippen LogP contribution in [0.3, 0.4) is 0 Å². The van der Waals surface area contributed by atoms with Gasteiger partial charge in [0, 0.05) is 15.4 Å². The summed E-state index contributed by atoms with van der Waals surface area (Å²) in [6, 6.07) is 16.4. The van der Waals surface area contributed by atoms with E-state index in [1.54, 1.807) is 0 Å². The van der Waals surface area contributed by atoms with Crippen LogP contribution in [0.4, 0.5) is 0 Å². The molecule has 0 aliphatic heterocycles. The topological polar surface area (TPSA) is 13.1 Å². The summed E-state index contributed by atoms with van der Waals surface area (Å²) in [5.74, 6) is 0.901. The Morgan fingerprint density at radius 2 is 1.82 bits per heavy atom. The largest absolute Gasteiger partial charge is 0.456 e. The molecule has 0 saturated carbocycles. The second-order valence-corrected chi connectivity index (χ2v) is 4.99. The predicted molar refractivity (Wildman–Crippen MR) is 74.1 cm³/mol. The van der Waals surface area contributed by atoms with Crippen LogP contribution in [0, 0.1) is 6.92 Å². The first-order valence-electron chi connectivity index (χ1n) is 5.49. The van der Waals surface area contributed by atoms with E-state index in [-0.39, 0.29) is 0 Å². The van der Waals surface area contributed by atoms with Crippen molar-refractivity contribution in [2.75, 3.05) is 0 Å². The van der Waals surface area contributed by atoms with Gasteiger partial charge in [-0.05, 0) is 31.2 Å². The zero-order valence-electron chi connectivity index (χ0n) is 9.41. The molecule has 0 aliphatic carbocycles. The molecule has 0 N–H and O–H groups in total. The van der Waals surface area contributed by atoms with Gasteiger partial charge in [0.05, 0.1) is 0 Å². The smallest absolute Gasteiger partial charge is 0.136 e. The summed E-state index contributed by atoms with van der Waals surface area (Å²) in [6.45, 7) is 2.09. The third-order valence-corrected chi connectivity index (χ3v) is 3.50. The van der Waals surface area contributed by atoms with Crippen molar-refractivity contribution in [3.8, 4) is 11.3 Å². The molecule has 0 bridgehead atoms. The second kappa shape index (κ2) is 4.04. The highest BCUT2D eigenvalue weighted by Crippen LogP contribution is 2.32. The summed E-state index contributed by atoms with van der Waals surface area (Å²) in [5.41, 5.74) is 3.26. The molecule has 3 aromatic rings. The first-order valence-corrected chi connectivity index (χ1v) is 6.28. The standard InChI is InChI=1S/C15H11BrO/c1-10-6-7-14-11(8-10)9-15(17-14)12-4-2-3-5-13(12)16/h2-9H,1H3. The fraction of sp³-hybridized carbons (Fsp3) is 0.0667. The molecule has 0 aliphatic rings. The van der Waals surface area contributed by atoms with Gasteiger partial charge in [-0.1, -0.05) is 45.8 Å². The SMILES string of the molecule is Cc1ccc2oc(-c3ccccc3Br)cc2c1. The molecule has 0 unspecified atom stereocenters. The molecule has 1 heterocycles. The van der Waals surface area contributed by atoms with Crippen molar-refractivity contribution in [1.29, 1.82) is 0 Å². The number of halogens is 1. The fourth-order valence-corrected chi connectivity index (χ4v) is 2.44. The van der Waals surface area contributed by atoms with Crippen LogP contribution in [0.2, 0.25) is 0 Å². The van der Waals surface area contributed by atoms with Crippen LogP contribution in [0.5, 0.6) is 0 Å². The van der Waals surface area contributed by atoms with Crippen molar-refractivity contribution in [3.05, 3.63) is 58.6 Å². The molecule has 2 heteroatoms. The number of aryl methyl sites for hydroxylation is 1. The van der Waals surface area contributed by atoms with E-state index < -0.39 is 0 Å². The van der Waals surface area contributed by atoms with E-state index in [0.717, 1.165) is 26.8 Å². The van der Waals surface area contributed by atoms with Crippen molar-refractivity contribution in [2.24, 2.45) is 0 Å². The lowest BCUT2D eigenvalue weighted by Gasteiger charge is -1.98. The normalized spacial score (nSPS) is 10.9. The molecule has 2 aromatic carbocycles. The van der Waals surface area contributed by atoms with Crippen molar-refractivity contribution >= 4 is 26.9 Å². The number of rotatable bonds is 1. The minimum absolute atomic E-state index is 0.901. The summed E-state index contributed by atoms with van der Waals surface area (Å²) in [7, 11) is 0. The maximum absolute atomic E-state index is 5.86. The zero-order chi connectivity index (χ0) is 11.8. The Balaban J connectivity index is 2.22. The lowest BCUT2D eigenvalue weighted by atomic mass is 10.1. The van der Waals surface area contributed by atoms with Crippen LogP contribution in [0.1, 0.15) is 5.56 Å². The lowest BCUT2D eigenvalue weighted by molar-refractivity contribution is 0.631. The summed E-state index contributed by atoms with van der Waals surface area (Å²) in [4.78, 5) is 0. The highest BCUT2D eigenvalue weighted by molar-refractivity contribution is 9.10. The highest BCUT2D eigenvalue weighted by Gasteiger charge is 2.08. The number of furan rings is 1. The Morgan fingerprint density at radius 3 is 2.65 bits per heavy atom. The maximum atomic E-state index is 5.86. The molecule has 0 radical (unpaired) electrons. The minimum Gasteiger partial charge on any atom is -0.456 e. The van der Waals surface area contributed by atoms with Crippen molar-refractivity contribution in [1.82, 2.24) is 0 Å². The van der Waals surface area contributed by atoms with Crippen LogP contribution in [0.25, 0.3) is 22.3 Å². The lowest BCUT2D eigenvalue weighted by Crippen LogP contribution is -1.74. The summed E-state index contributed by atoms with van der Waals surface area (Å²) in [6.07, 6.45) is 0. The van der Waals surface area contributed by atoms with E-state index in [1.165, 1.54) is 5.56 Å². The van der Waals surface area contributed by atoms with E-state index in [1.807, 2.05) is 24.3 Å². The van der Waals surface area contributed by atoms with Gasteiger partial charge in [0.15, 0.2) is 0 Å². The molecule has 0 atom stereocenters. The molecular formula is C15H11BrO. The monoisotopic (exact) mass is 286 g/mol. The molecule has 0 fully saturated rings. The average molecular weight is 287 g/mol. The summed E-state index contributed by atoms with van der Waals surface area (Å²) >= 11 is 3.54. The molecule has 0 spiro atoms. The molecule has 1 aromatic heterocycles. The van der Waals surface area contributed by atoms with E-state index in [0.29, 0.717) is 0 Å². The Bertz CT molecular complexity index is 682. The van der Waals surface area contributed by atoms with Crippen LogP contribution in [0.15, 0.2) is 57.4 Å². The fourth-order valence-electron chi connectivity index (χ4n) is 1.96. The van der Waals surface area contributed by atoms with Gasteiger partial charge in [-0.3, -0.25) is 0 Å². The highest BCUT2D eigenvalue weighted by atomic mass is 79.9. The van der Waals surface area contributed by atoms with Crippen LogP contribution >= 0.6 is 15.9 Å². The van der Waals surface area contributed by atoms with Gasteiger partial charge >= 0.3 is 0 Å². The second-order valence-electron chi connectivity index (χ2n) is 4.13. The summed E-state index contributed by atoms with van der Waals surface area (Å²) < 4.78 is 6.91. The van der Waals surface area contributed by atoms with Crippen LogP contribution < -0.4 is 0 Å². The van der Waals surface area contributed by atoms with Crippen LogP contribution in [-0.2, 0) is 0 Å². The quantitative estimate of drug-likeness (QED) is 0.601. The van der Waals surface area contributed by atoms with E-state index in [9.17, 15) is 0 Å². The molecule has 0 saturated heterocycles. The van der Waals surface area contributed by atoms with Gasteiger partial charge in [-0.25, -0.2) is 0 Å². The van der Waals surface area contributed by atoms with Crippen molar-refractivity contribution < 1.29 is 4.42 Å². The zero-order valence-corrected chi connectivity index (χ0v) is 11.0. The minimum atomic E-state index is 0.901. The molecular weight excluding hydrogens is 276 g/mol. The molecule has 1 nitrogen and oxygen atoms in total. The van der Waals surface area contributed by atoms with E-state index in [2.05, 4.69) is 47.1 Å². The number of fused-ring (bicyclic) bond motifs is 1. The molecule has 84 valence electrons. The van der Waals surface area contributed by atoms with Gasteiger partial charge in [-0.2, -0.15) is 0 Å². The van der Waals surface area contributed by atoms with E-state index in [4.69, 9.17) is 4.42 Å². The average Bonchev–Trinajstić information content (AvgIpc) is 2.72. The number of benzene rings is 2. The predicted octanol–water partition coefficient (Wildman–Crippen LogP) is 5.17. The Hall–Kier alpha value is -1.54. The van der Waals surface area contributed by atoms with Gasteiger partial charge < -0.3 is 4.42 Å². The van der Waals surface area contributed by atoms with Gasteiger partial charge in [0.2, 0.25) is 0 Å². The third kappa shape index (κ3) is 1.89.